The van der Waals surface area contributed by atoms with E-state index in [9.17, 15) is 19.5 Å². The van der Waals surface area contributed by atoms with Gasteiger partial charge in [0.15, 0.2) is 0 Å². The molecule has 7 atom stereocenters. The van der Waals surface area contributed by atoms with Crippen LogP contribution in [0.15, 0.2) is 54.6 Å². The predicted molar refractivity (Wildman–Crippen MR) is 152 cm³/mol. The molecule has 2 amide bonds. The standard InChI is InChI=1S/C28H30BrN5O5S/c1-2-39-27(38)21-22-26(37)34(17(14-35)12-16-8-4-3-5-9-16)24(28(22)13-18(29)23(21)40-28)25(36)30-15-33-20-11-7-6-10-19(20)31-32-33/h3-11,17-18,21-24,35H,2,12-15H2,1H3,(H,30,36)/t17-,18?,21-,22+,23-,24?,28?/m1/s1. The molecule has 0 aliphatic carbocycles. The fraction of sp³-hybridized carbons (Fsp3) is 0.464. The molecule has 6 rings (SSSR count). The first-order chi connectivity index (χ1) is 19.4. The molecule has 3 aliphatic rings. The van der Waals surface area contributed by atoms with E-state index in [-0.39, 0.29) is 41.8 Å². The number of aliphatic hydroxyl groups excluding tert-OH is 1. The largest absolute Gasteiger partial charge is 0.466 e. The smallest absolute Gasteiger partial charge is 0.310 e. The molecule has 0 radical (unpaired) electrons. The lowest BCUT2D eigenvalue weighted by Crippen LogP contribution is -2.57. The number of aliphatic hydroxyl groups is 1. The van der Waals surface area contributed by atoms with Gasteiger partial charge in [0.25, 0.3) is 0 Å². The maximum atomic E-state index is 14.3. The highest BCUT2D eigenvalue weighted by Gasteiger charge is 2.76. The Hall–Kier alpha value is -2.96. The summed E-state index contributed by atoms with van der Waals surface area (Å²) in [7, 11) is 0. The molecule has 1 aromatic heterocycles. The molecular weight excluding hydrogens is 598 g/mol. The third kappa shape index (κ3) is 4.31. The van der Waals surface area contributed by atoms with Crippen LogP contribution in [0.25, 0.3) is 11.0 Å². The Morgan fingerprint density at radius 2 is 1.98 bits per heavy atom. The van der Waals surface area contributed by atoms with Crippen LogP contribution in [0.3, 0.4) is 0 Å². The maximum Gasteiger partial charge on any atom is 0.310 e. The van der Waals surface area contributed by atoms with Crippen LogP contribution < -0.4 is 5.32 Å². The van der Waals surface area contributed by atoms with Crippen molar-refractivity contribution in [2.45, 2.75) is 53.3 Å². The summed E-state index contributed by atoms with van der Waals surface area (Å²) in [6.07, 6.45) is 0.915. The first kappa shape index (κ1) is 27.2. The van der Waals surface area contributed by atoms with Gasteiger partial charge >= 0.3 is 5.97 Å². The van der Waals surface area contributed by atoms with Gasteiger partial charge in [-0.25, -0.2) is 4.68 Å². The highest BCUT2D eigenvalue weighted by atomic mass is 79.9. The molecule has 3 aromatic rings. The van der Waals surface area contributed by atoms with E-state index >= 15 is 0 Å². The van der Waals surface area contributed by atoms with E-state index in [1.807, 2.05) is 54.6 Å². The van der Waals surface area contributed by atoms with Gasteiger partial charge in [-0.15, -0.1) is 16.9 Å². The summed E-state index contributed by atoms with van der Waals surface area (Å²) < 4.78 is 6.18. The number of carbonyl (C=O) groups excluding carboxylic acids is 3. The van der Waals surface area contributed by atoms with Crippen molar-refractivity contribution in [3.05, 3.63) is 60.2 Å². The number of thioether (sulfide) groups is 1. The third-order valence-electron chi connectivity index (χ3n) is 8.28. The Bertz CT molecular complexity index is 1440. The normalized spacial score (nSPS) is 29.5. The molecule has 10 nitrogen and oxygen atoms in total. The van der Waals surface area contributed by atoms with Crippen LogP contribution in [0.1, 0.15) is 18.9 Å². The van der Waals surface area contributed by atoms with Crippen molar-refractivity contribution < 1.29 is 24.2 Å². The Balaban J connectivity index is 1.36. The van der Waals surface area contributed by atoms with Crippen molar-refractivity contribution in [3.8, 4) is 0 Å². The summed E-state index contributed by atoms with van der Waals surface area (Å²) in [5.74, 6) is -2.44. The molecule has 3 aliphatic heterocycles. The molecule has 4 heterocycles. The second-order valence-electron chi connectivity index (χ2n) is 10.5. The maximum absolute atomic E-state index is 14.3. The molecule has 40 heavy (non-hydrogen) atoms. The third-order valence-corrected chi connectivity index (χ3v) is 11.5. The number of nitrogens with zero attached hydrogens (tertiary/aromatic N) is 4. The number of benzene rings is 2. The number of rotatable bonds is 9. The van der Waals surface area contributed by atoms with E-state index < -0.39 is 34.6 Å². The fourth-order valence-corrected chi connectivity index (χ4v) is 10.3. The van der Waals surface area contributed by atoms with E-state index in [1.54, 1.807) is 16.5 Å². The minimum atomic E-state index is -0.893. The SMILES string of the molecule is CCOC(=O)[C@H]1[C@@H]2SC3(CC2Br)C(C(=O)NCn2nnc4ccccc42)N([C@@H](CO)Cc2ccccc2)C(=O)[C@H]13. The lowest BCUT2D eigenvalue weighted by molar-refractivity contribution is -0.154. The van der Waals surface area contributed by atoms with Crippen molar-refractivity contribution in [2.24, 2.45) is 11.8 Å². The van der Waals surface area contributed by atoms with E-state index in [1.165, 1.54) is 11.8 Å². The number of amides is 2. The van der Waals surface area contributed by atoms with Crippen molar-refractivity contribution in [3.63, 3.8) is 0 Å². The minimum absolute atomic E-state index is 0.0628. The highest BCUT2D eigenvalue weighted by Crippen LogP contribution is 2.68. The second kappa shape index (κ2) is 10.8. The molecular formula is C28H30BrN5O5S. The summed E-state index contributed by atoms with van der Waals surface area (Å²) in [6.45, 7) is 1.69. The second-order valence-corrected chi connectivity index (χ2v) is 13.2. The topological polar surface area (TPSA) is 127 Å². The number of esters is 1. The number of likely N-dealkylation sites (tertiary alicyclic amines) is 1. The number of hydrogen-bond donors (Lipinski definition) is 2. The number of para-hydroxylation sites is 1. The molecule has 1 spiro atoms. The zero-order chi connectivity index (χ0) is 28.0. The van der Waals surface area contributed by atoms with E-state index in [0.717, 1.165) is 11.1 Å². The number of nitrogens with one attached hydrogen (secondary N) is 1. The van der Waals surface area contributed by atoms with Gasteiger partial charge in [-0.3, -0.25) is 14.4 Å². The zero-order valence-electron chi connectivity index (χ0n) is 21.9. The summed E-state index contributed by atoms with van der Waals surface area (Å²) in [4.78, 5) is 43.1. The molecule has 3 fully saturated rings. The number of carbonyl (C=O) groups is 3. The van der Waals surface area contributed by atoms with Gasteiger partial charge in [-0.2, -0.15) is 0 Å². The van der Waals surface area contributed by atoms with Crippen LogP contribution in [0.5, 0.6) is 0 Å². The van der Waals surface area contributed by atoms with Gasteiger partial charge in [0, 0.05) is 10.1 Å². The van der Waals surface area contributed by atoms with Crippen LogP contribution >= 0.6 is 27.7 Å². The number of hydrogen-bond acceptors (Lipinski definition) is 8. The molecule has 3 unspecified atom stereocenters. The first-order valence-electron chi connectivity index (χ1n) is 13.4. The predicted octanol–water partition coefficient (Wildman–Crippen LogP) is 2.14. The Kier molecular flexibility index (Phi) is 7.34. The van der Waals surface area contributed by atoms with Crippen LogP contribution in [0.4, 0.5) is 0 Å². The van der Waals surface area contributed by atoms with E-state index in [0.29, 0.717) is 18.4 Å². The molecule has 2 aromatic carbocycles. The average Bonchev–Trinajstić information content (AvgIpc) is 3.68. The zero-order valence-corrected chi connectivity index (χ0v) is 24.3. The highest BCUT2D eigenvalue weighted by molar-refractivity contribution is 9.09. The number of alkyl halides is 1. The number of halogens is 1. The molecule has 210 valence electrons. The molecule has 3 saturated heterocycles. The van der Waals surface area contributed by atoms with Gasteiger partial charge in [-0.1, -0.05) is 63.6 Å². The molecule has 2 bridgehead atoms. The quantitative estimate of drug-likeness (QED) is 0.273. The van der Waals surface area contributed by atoms with Crippen LogP contribution in [0, 0.1) is 11.8 Å². The monoisotopic (exact) mass is 627 g/mol. The Morgan fingerprint density at radius 1 is 1.23 bits per heavy atom. The van der Waals surface area contributed by atoms with E-state index in [2.05, 4.69) is 31.6 Å². The number of fused-ring (bicyclic) bond motifs is 2. The van der Waals surface area contributed by atoms with Crippen LogP contribution in [-0.4, -0.2) is 82.9 Å². The van der Waals surface area contributed by atoms with Crippen molar-refractivity contribution in [1.82, 2.24) is 25.2 Å². The summed E-state index contributed by atoms with van der Waals surface area (Å²) in [5, 5.41) is 21.7. The molecule has 12 heteroatoms. The Morgan fingerprint density at radius 3 is 2.73 bits per heavy atom. The van der Waals surface area contributed by atoms with Crippen molar-refractivity contribution >= 4 is 56.5 Å². The summed E-state index contributed by atoms with van der Waals surface area (Å²) in [5.41, 5.74) is 2.42. The number of aromatic nitrogens is 3. The summed E-state index contributed by atoms with van der Waals surface area (Å²) >= 11 is 5.28. The fourth-order valence-electron chi connectivity index (χ4n) is 6.69. The lowest BCUT2D eigenvalue weighted by Gasteiger charge is -2.37. The van der Waals surface area contributed by atoms with Crippen molar-refractivity contribution in [1.29, 1.82) is 0 Å². The van der Waals surface area contributed by atoms with Gasteiger partial charge in [0.2, 0.25) is 11.8 Å². The van der Waals surface area contributed by atoms with Crippen LogP contribution in [0.2, 0.25) is 0 Å². The van der Waals surface area contributed by atoms with Crippen molar-refractivity contribution in [2.75, 3.05) is 13.2 Å². The van der Waals surface area contributed by atoms with Gasteiger partial charge in [0.05, 0.1) is 41.4 Å². The van der Waals surface area contributed by atoms with Crippen LogP contribution in [-0.2, 0) is 32.2 Å². The minimum Gasteiger partial charge on any atom is -0.466 e. The van der Waals surface area contributed by atoms with Gasteiger partial charge in [0.1, 0.15) is 18.2 Å². The molecule has 2 N–H and O–H groups in total. The number of ether oxygens (including phenoxy) is 1. The molecule has 0 saturated carbocycles. The Labute approximate surface area is 243 Å². The first-order valence-corrected chi connectivity index (χ1v) is 15.2. The van der Waals surface area contributed by atoms with Gasteiger partial charge < -0.3 is 20.1 Å². The summed E-state index contributed by atoms with van der Waals surface area (Å²) in [6, 6.07) is 15.5. The lowest BCUT2D eigenvalue weighted by atomic mass is 9.71. The van der Waals surface area contributed by atoms with Gasteiger partial charge in [-0.05, 0) is 37.5 Å². The average molecular weight is 629 g/mol. The van der Waals surface area contributed by atoms with E-state index in [4.69, 9.17) is 4.74 Å².